The summed E-state index contributed by atoms with van der Waals surface area (Å²) in [6.07, 6.45) is 1.96. The van der Waals surface area contributed by atoms with E-state index in [-0.39, 0.29) is 0 Å². The van der Waals surface area contributed by atoms with Crippen LogP contribution in [0.1, 0.15) is 5.56 Å². The van der Waals surface area contributed by atoms with Gasteiger partial charge in [-0.25, -0.2) is 4.52 Å². The van der Waals surface area contributed by atoms with Gasteiger partial charge in [-0.05, 0) is 34.5 Å². The minimum atomic E-state index is 0.719. The molecule has 0 aliphatic heterocycles. The van der Waals surface area contributed by atoms with Gasteiger partial charge in [0, 0.05) is 20.3 Å². The molecule has 0 spiro atoms. The van der Waals surface area contributed by atoms with Crippen LogP contribution in [0, 0.1) is 6.92 Å². The largest absolute Gasteiger partial charge is 0.346 e. The molecule has 0 amide bonds. The minimum absolute atomic E-state index is 0.719. The van der Waals surface area contributed by atoms with E-state index in [1.165, 1.54) is 0 Å². The normalized spacial score (nSPS) is 10.9. The van der Waals surface area contributed by atoms with Crippen molar-refractivity contribution in [3.05, 3.63) is 22.3 Å². The van der Waals surface area contributed by atoms with Gasteiger partial charge < -0.3 is 4.90 Å². The maximum absolute atomic E-state index is 4.38. The van der Waals surface area contributed by atoms with E-state index >= 15 is 0 Å². The monoisotopic (exact) mass is 254 g/mol. The number of hydrogen-bond acceptors (Lipinski definition) is 3. The van der Waals surface area contributed by atoms with Crippen molar-refractivity contribution >= 4 is 27.5 Å². The summed E-state index contributed by atoms with van der Waals surface area (Å²) in [5, 5.41) is 4.34. The molecule has 0 N–H and O–H groups in total. The second-order valence-corrected chi connectivity index (χ2v) is 4.29. The van der Waals surface area contributed by atoms with Crippen LogP contribution in [0.4, 0.5) is 5.95 Å². The van der Waals surface area contributed by atoms with Gasteiger partial charge in [0.15, 0.2) is 5.65 Å². The Balaban J connectivity index is 2.70. The molecule has 0 unspecified atom stereocenters. The van der Waals surface area contributed by atoms with Gasteiger partial charge in [0.25, 0.3) is 0 Å². The van der Waals surface area contributed by atoms with Crippen molar-refractivity contribution in [2.45, 2.75) is 6.92 Å². The van der Waals surface area contributed by atoms with Crippen molar-refractivity contribution in [3.63, 3.8) is 0 Å². The fraction of sp³-hybridized carbons (Fsp3) is 0.333. The SMILES string of the molecule is Cc1cc(Br)c2nc(N(C)C)nn2c1. The van der Waals surface area contributed by atoms with Gasteiger partial charge >= 0.3 is 0 Å². The Bertz CT molecular complexity index is 475. The first-order chi connectivity index (χ1) is 6.58. The van der Waals surface area contributed by atoms with Gasteiger partial charge in [-0.1, -0.05) is 0 Å². The van der Waals surface area contributed by atoms with E-state index in [0.29, 0.717) is 0 Å². The highest BCUT2D eigenvalue weighted by Crippen LogP contribution is 2.19. The molecular formula is C9H11BrN4. The van der Waals surface area contributed by atoms with Gasteiger partial charge in [-0.2, -0.15) is 4.98 Å². The molecule has 5 heteroatoms. The first-order valence-electron chi connectivity index (χ1n) is 4.28. The van der Waals surface area contributed by atoms with Crippen LogP contribution in [0.5, 0.6) is 0 Å². The number of halogens is 1. The molecule has 0 fully saturated rings. The highest BCUT2D eigenvalue weighted by atomic mass is 79.9. The topological polar surface area (TPSA) is 33.4 Å². The highest BCUT2D eigenvalue weighted by Gasteiger charge is 2.08. The van der Waals surface area contributed by atoms with Gasteiger partial charge in [-0.15, -0.1) is 5.10 Å². The van der Waals surface area contributed by atoms with Crippen molar-refractivity contribution in [2.24, 2.45) is 0 Å². The van der Waals surface area contributed by atoms with Crippen LogP contribution < -0.4 is 4.90 Å². The predicted molar refractivity (Wildman–Crippen MR) is 59.8 cm³/mol. The van der Waals surface area contributed by atoms with Crippen LogP contribution in [-0.4, -0.2) is 28.7 Å². The first kappa shape index (κ1) is 9.45. The molecule has 4 nitrogen and oxygen atoms in total. The summed E-state index contributed by atoms with van der Waals surface area (Å²) < 4.78 is 2.76. The Morgan fingerprint density at radius 1 is 1.43 bits per heavy atom. The zero-order valence-corrected chi connectivity index (χ0v) is 9.91. The molecule has 2 aromatic heterocycles. The Labute approximate surface area is 90.7 Å². The molecule has 2 aromatic rings. The standard InChI is InChI=1S/C9H11BrN4/c1-6-4-7(10)8-11-9(13(2)3)12-14(8)5-6/h4-5H,1-3H3. The lowest BCUT2D eigenvalue weighted by Crippen LogP contribution is -2.10. The van der Waals surface area contributed by atoms with Crippen LogP contribution in [0.25, 0.3) is 5.65 Å². The zero-order chi connectivity index (χ0) is 10.3. The summed E-state index contributed by atoms with van der Waals surface area (Å²) in [4.78, 5) is 6.27. The third kappa shape index (κ3) is 1.48. The number of fused-ring (bicyclic) bond motifs is 1. The molecule has 0 atom stereocenters. The number of nitrogens with zero attached hydrogens (tertiary/aromatic N) is 4. The lowest BCUT2D eigenvalue weighted by Gasteiger charge is -2.03. The lowest BCUT2D eigenvalue weighted by molar-refractivity contribution is 0.919. The maximum Gasteiger partial charge on any atom is 0.245 e. The molecule has 74 valence electrons. The molecule has 2 rings (SSSR count). The van der Waals surface area contributed by atoms with Crippen LogP contribution in [-0.2, 0) is 0 Å². The van der Waals surface area contributed by atoms with Crippen molar-refractivity contribution < 1.29 is 0 Å². The van der Waals surface area contributed by atoms with E-state index in [0.717, 1.165) is 21.6 Å². The van der Waals surface area contributed by atoms with Crippen molar-refractivity contribution in [1.82, 2.24) is 14.6 Å². The number of rotatable bonds is 1. The van der Waals surface area contributed by atoms with Gasteiger partial charge in [0.1, 0.15) is 0 Å². The van der Waals surface area contributed by atoms with Crippen molar-refractivity contribution in [2.75, 3.05) is 19.0 Å². The van der Waals surface area contributed by atoms with Crippen LogP contribution in [0.15, 0.2) is 16.7 Å². The summed E-state index contributed by atoms with van der Waals surface area (Å²) in [7, 11) is 3.85. The Kier molecular flexibility index (Phi) is 2.19. The molecule has 0 radical (unpaired) electrons. The van der Waals surface area contributed by atoms with E-state index in [4.69, 9.17) is 0 Å². The average Bonchev–Trinajstić information content (AvgIpc) is 2.47. The second-order valence-electron chi connectivity index (χ2n) is 3.44. The number of aryl methyl sites for hydroxylation is 1. The quantitative estimate of drug-likeness (QED) is 0.779. The summed E-state index contributed by atoms with van der Waals surface area (Å²) in [6.45, 7) is 2.03. The number of anilines is 1. The Morgan fingerprint density at radius 3 is 2.79 bits per heavy atom. The smallest absolute Gasteiger partial charge is 0.245 e. The molecule has 0 saturated carbocycles. The fourth-order valence-corrected chi connectivity index (χ4v) is 1.88. The van der Waals surface area contributed by atoms with Crippen LogP contribution in [0.2, 0.25) is 0 Å². The third-order valence-electron chi connectivity index (χ3n) is 1.91. The number of aromatic nitrogens is 3. The molecule has 0 saturated heterocycles. The van der Waals surface area contributed by atoms with Crippen molar-refractivity contribution in [1.29, 1.82) is 0 Å². The Morgan fingerprint density at radius 2 is 2.14 bits per heavy atom. The summed E-state index contributed by atoms with van der Waals surface area (Å²) in [5.41, 5.74) is 2.00. The van der Waals surface area contributed by atoms with Crippen LogP contribution >= 0.6 is 15.9 Å². The molecule has 2 heterocycles. The van der Waals surface area contributed by atoms with E-state index in [1.54, 1.807) is 4.52 Å². The minimum Gasteiger partial charge on any atom is -0.346 e. The summed E-state index contributed by atoms with van der Waals surface area (Å²) >= 11 is 3.47. The predicted octanol–water partition coefficient (Wildman–Crippen LogP) is 1.87. The van der Waals surface area contributed by atoms with E-state index in [1.807, 2.05) is 38.2 Å². The molecule has 0 aliphatic carbocycles. The lowest BCUT2D eigenvalue weighted by atomic mass is 10.3. The maximum atomic E-state index is 4.38. The zero-order valence-electron chi connectivity index (χ0n) is 8.32. The highest BCUT2D eigenvalue weighted by molar-refractivity contribution is 9.10. The molecular weight excluding hydrogens is 244 g/mol. The summed E-state index contributed by atoms with van der Waals surface area (Å²) in [5.74, 6) is 0.719. The van der Waals surface area contributed by atoms with Gasteiger partial charge in [0.05, 0.1) is 4.47 Å². The van der Waals surface area contributed by atoms with E-state index < -0.39 is 0 Å². The Hall–Kier alpha value is -1.10. The molecule has 0 aliphatic rings. The van der Waals surface area contributed by atoms with E-state index in [2.05, 4.69) is 26.0 Å². The van der Waals surface area contributed by atoms with Gasteiger partial charge in [-0.3, -0.25) is 0 Å². The number of pyridine rings is 1. The number of hydrogen-bond donors (Lipinski definition) is 0. The molecule has 0 aromatic carbocycles. The third-order valence-corrected chi connectivity index (χ3v) is 2.50. The van der Waals surface area contributed by atoms with Crippen molar-refractivity contribution in [3.8, 4) is 0 Å². The van der Waals surface area contributed by atoms with Gasteiger partial charge in [0.2, 0.25) is 5.95 Å². The average molecular weight is 255 g/mol. The summed E-state index contributed by atoms with van der Waals surface area (Å²) in [6, 6.07) is 2.03. The molecule has 14 heavy (non-hydrogen) atoms. The van der Waals surface area contributed by atoms with E-state index in [9.17, 15) is 0 Å². The van der Waals surface area contributed by atoms with Crippen LogP contribution in [0.3, 0.4) is 0 Å². The second kappa shape index (κ2) is 3.24. The molecule has 0 bridgehead atoms. The fourth-order valence-electron chi connectivity index (χ4n) is 1.25. The first-order valence-corrected chi connectivity index (χ1v) is 5.07.